The van der Waals surface area contributed by atoms with Crippen LogP contribution in [0.5, 0.6) is 5.75 Å². The van der Waals surface area contributed by atoms with Crippen LogP contribution in [-0.2, 0) is 14.9 Å². The average Bonchev–Trinajstić information content (AvgIpc) is 3.51. The third kappa shape index (κ3) is 2.87. The molecule has 6 aliphatic rings. The number of benzene rings is 1. The van der Waals surface area contributed by atoms with Crippen molar-refractivity contribution >= 4 is 27.7 Å². The number of morpholine rings is 1. The van der Waals surface area contributed by atoms with Crippen LogP contribution in [0.2, 0.25) is 0 Å². The monoisotopic (exact) mass is 510 g/mol. The molecule has 1 amide bonds. The summed E-state index contributed by atoms with van der Waals surface area (Å²) in [6.45, 7) is 0.830. The van der Waals surface area contributed by atoms with Gasteiger partial charge in [0, 0.05) is 25.1 Å². The second kappa shape index (κ2) is 7.08. The summed E-state index contributed by atoms with van der Waals surface area (Å²) in [6.07, 6.45) is 6.27. The molecule has 34 heavy (non-hydrogen) atoms. The summed E-state index contributed by atoms with van der Waals surface area (Å²) in [5.74, 6) is 0.586. The zero-order valence-corrected chi connectivity index (χ0v) is 20.3. The molecule has 0 radical (unpaired) electrons. The van der Waals surface area contributed by atoms with Gasteiger partial charge in [0.25, 0.3) is 5.91 Å². The van der Waals surface area contributed by atoms with Crippen LogP contribution in [-0.4, -0.2) is 55.9 Å². The van der Waals surface area contributed by atoms with E-state index in [2.05, 4.69) is 0 Å². The number of rotatable bonds is 6. The standard InChI is InChI=1S/C24H28ClFN2O5S/c25-23-11-15-7-14-10-24(15,23)18(12-23)21(14)33-20-9-19(26)17(8-16(20)13-1-2-13)22(29)27-34(30,31)28-3-5-32-6-4-28/h8-9,13-15,18,21H,1-7,10-12H2,(H,27,29). The molecule has 7 rings (SSSR count). The Morgan fingerprint density at radius 2 is 1.97 bits per heavy atom. The fraction of sp³-hybridized carbons (Fsp3) is 0.708. The maximum Gasteiger partial charge on any atom is 0.304 e. The molecule has 1 aromatic rings. The number of fused-ring (bicyclic) bond motifs is 1. The van der Waals surface area contributed by atoms with Gasteiger partial charge in [-0.05, 0) is 73.3 Å². The molecule has 1 spiro atoms. The van der Waals surface area contributed by atoms with Gasteiger partial charge in [-0.1, -0.05) is 0 Å². The minimum Gasteiger partial charge on any atom is -0.489 e. The van der Waals surface area contributed by atoms with Crippen molar-refractivity contribution in [3.63, 3.8) is 0 Å². The Balaban J connectivity index is 1.14. The van der Waals surface area contributed by atoms with Crippen LogP contribution in [0.25, 0.3) is 0 Å². The molecule has 10 heteroatoms. The van der Waals surface area contributed by atoms with Gasteiger partial charge in [-0.3, -0.25) is 4.79 Å². The summed E-state index contributed by atoms with van der Waals surface area (Å²) in [4.78, 5) is 12.8. The van der Waals surface area contributed by atoms with Crippen molar-refractivity contribution in [1.82, 2.24) is 9.03 Å². The third-order valence-corrected chi connectivity index (χ3v) is 11.7. The number of ether oxygens (including phenoxy) is 2. The summed E-state index contributed by atoms with van der Waals surface area (Å²) < 4.78 is 55.2. The lowest BCUT2D eigenvalue weighted by Gasteiger charge is -2.72. The zero-order chi connectivity index (χ0) is 23.5. The van der Waals surface area contributed by atoms with Gasteiger partial charge < -0.3 is 9.47 Å². The maximum absolute atomic E-state index is 15.2. The van der Waals surface area contributed by atoms with Crippen LogP contribution in [0.1, 0.15) is 60.4 Å². The topological polar surface area (TPSA) is 84.9 Å². The fourth-order valence-electron chi connectivity index (χ4n) is 7.88. The maximum atomic E-state index is 15.2. The zero-order valence-electron chi connectivity index (χ0n) is 18.8. The molecule has 1 saturated heterocycles. The summed E-state index contributed by atoms with van der Waals surface area (Å²) in [7, 11) is -4.07. The van der Waals surface area contributed by atoms with Crippen LogP contribution in [0.4, 0.5) is 4.39 Å². The van der Waals surface area contributed by atoms with E-state index in [1.165, 1.54) is 12.1 Å². The molecule has 5 saturated carbocycles. The second-order valence-corrected chi connectivity index (χ2v) is 13.5. The largest absolute Gasteiger partial charge is 0.489 e. The van der Waals surface area contributed by atoms with Crippen LogP contribution in [0.15, 0.2) is 12.1 Å². The second-order valence-electron chi connectivity index (χ2n) is 11.1. The molecule has 1 heterocycles. The van der Waals surface area contributed by atoms with Crippen molar-refractivity contribution in [2.75, 3.05) is 26.3 Å². The Bertz CT molecular complexity index is 1190. The number of carbonyl (C=O) groups is 1. The van der Waals surface area contributed by atoms with Gasteiger partial charge in [0.15, 0.2) is 0 Å². The van der Waals surface area contributed by atoms with Gasteiger partial charge in [-0.15, -0.1) is 11.6 Å². The van der Waals surface area contributed by atoms with Crippen LogP contribution < -0.4 is 9.46 Å². The first-order valence-electron chi connectivity index (χ1n) is 12.3. The molecule has 184 valence electrons. The molecule has 5 aliphatic carbocycles. The van der Waals surface area contributed by atoms with Gasteiger partial charge in [0.2, 0.25) is 0 Å². The quantitative estimate of drug-likeness (QED) is 0.594. The molecule has 2 bridgehead atoms. The van der Waals surface area contributed by atoms with Gasteiger partial charge >= 0.3 is 10.2 Å². The smallest absolute Gasteiger partial charge is 0.304 e. The van der Waals surface area contributed by atoms with Crippen molar-refractivity contribution in [2.24, 2.45) is 23.2 Å². The molecule has 1 aromatic carbocycles. The molecule has 7 nitrogen and oxygen atoms in total. The molecular weight excluding hydrogens is 483 g/mol. The van der Waals surface area contributed by atoms with E-state index >= 15 is 4.39 Å². The van der Waals surface area contributed by atoms with Crippen molar-refractivity contribution in [3.8, 4) is 5.75 Å². The molecule has 6 atom stereocenters. The van der Waals surface area contributed by atoms with Crippen molar-refractivity contribution in [2.45, 2.75) is 55.4 Å². The third-order valence-electron chi connectivity index (χ3n) is 9.54. The Morgan fingerprint density at radius 1 is 1.21 bits per heavy atom. The molecule has 0 aromatic heterocycles. The molecule has 6 fully saturated rings. The van der Waals surface area contributed by atoms with E-state index in [-0.39, 0.29) is 54.2 Å². The predicted octanol–water partition coefficient (Wildman–Crippen LogP) is 3.18. The highest BCUT2D eigenvalue weighted by Crippen LogP contribution is 2.85. The van der Waals surface area contributed by atoms with E-state index in [9.17, 15) is 13.2 Å². The Kier molecular flexibility index (Phi) is 4.55. The van der Waals surface area contributed by atoms with Crippen molar-refractivity contribution < 1.29 is 27.1 Å². The Labute approximate surface area is 203 Å². The Morgan fingerprint density at radius 3 is 2.65 bits per heavy atom. The van der Waals surface area contributed by atoms with E-state index in [1.54, 1.807) is 0 Å². The van der Waals surface area contributed by atoms with E-state index in [1.807, 2.05) is 4.72 Å². The molecule has 1 aliphatic heterocycles. The first kappa shape index (κ1) is 21.8. The lowest BCUT2D eigenvalue weighted by molar-refractivity contribution is -0.181. The first-order valence-corrected chi connectivity index (χ1v) is 14.1. The lowest BCUT2D eigenvalue weighted by atomic mass is 9.37. The van der Waals surface area contributed by atoms with Crippen LogP contribution in [0, 0.1) is 29.0 Å². The highest BCUT2D eigenvalue weighted by molar-refractivity contribution is 7.87. The van der Waals surface area contributed by atoms with Crippen LogP contribution >= 0.6 is 11.6 Å². The number of nitrogens with one attached hydrogen (secondary N) is 1. The van der Waals surface area contributed by atoms with Gasteiger partial charge in [-0.25, -0.2) is 9.11 Å². The fourth-order valence-corrected chi connectivity index (χ4v) is 9.71. The normalized spacial score (nSPS) is 40.3. The van der Waals surface area contributed by atoms with Gasteiger partial charge in [0.1, 0.15) is 17.7 Å². The van der Waals surface area contributed by atoms with E-state index in [4.69, 9.17) is 21.1 Å². The summed E-state index contributed by atoms with van der Waals surface area (Å²) in [5, 5.41) is 0. The highest BCUT2D eigenvalue weighted by atomic mass is 35.5. The van der Waals surface area contributed by atoms with Gasteiger partial charge in [-0.2, -0.15) is 12.7 Å². The summed E-state index contributed by atoms with van der Waals surface area (Å²) in [5.41, 5.74) is 0.757. The van der Waals surface area contributed by atoms with E-state index in [0.717, 1.165) is 48.4 Å². The Hall–Kier alpha value is -1.42. The van der Waals surface area contributed by atoms with Crippen molar-refractivity contribution in [3.05, 3.63) is 29.1 Å². The number of nitrogens with zero attached hydrogens (tertiary/aromatic N) is 1. The minimum atomic E-state index is -4.07. The minimum absolute atomic E-state index is 0.0432. The number of amides is 1. The molecular formula is C24H28ClFN2O5S. The number of hydrogen-bond acceptors (Lipinski definition) is 5. The predicted molar refractivity (Wildman–Crippen MR) is 122 cm³/mol. The van der Waals surface area contributed by atoms with Crippen LogP contribution in [0.3, 0.4) is 0 Å². The average molecular weight is 511 g/mol. The van der Waals surface area contributed by atoms with Crippen molar-refractivity contribution in [1.29, 1.82) is 0 Å². The number of halogens is 2. The number of hydrogen-bond donors (Lipinski definition) is 1. The summed E-state index contributed by atoms with van der Waals surface area (Å²) in [6, 6.07) is 2.79. The number of alkyl halides is 1. The molecule has 6 unspecified atom stereocenters. The SMILES string of the molecule is O=C(NS(=O)(=O)N1CCOCC1)c1cc(C2CC2)c(OC2C3CC4CC5(Cl)CC2C45C3)cc1F. The van der Waals surface area contributed by atoms with Gasteiger partial charge in [0.05, 0.1) is 23.7 Å². The summed E-state index contributed by atoms with van der Waals surface area (Å²) >= 11 is 6.89. The first-order chi connectivity index (χ1) is 16.2. The lowest BCUT2D eigenvalue weighted by Crippen LogP contribution is -2.72. The molecule has 1 N–H and O–H groups in total. The highest BCUT2D eigenvalue weighted by Gasteiger charge is 2.84. The van der Waals surface area contributed by atoms with E-state index < -0.39 is 21.9 Å². The number of carbonyl (C=O) groups excluding carboxylic acids is 1. The van der Waals surface area contributed by atoms with E-state index in [0.29, 0.717) is 23.5 Å².